The van der Waals surface area contributed by atoms with Crippen LogP contribution in [0.15, 0.2) is 87.1 Å². The van der Waals surface area contributed by atoms with Crippen molar-refractivity contribution in [3.05, 3.63) is 78.4 Å². The first-order chi connectivity index (χ1) is 15.5. The smallest absolute Gasteiger partial charge is 0.238 e. The van der Waals surface area contributed by atoms with Crippen molar-refractivity contribution in [1.82, 2.24) is 4.98 Å². The molecule has 162 valence electrons. The molecule has 0 radical (unpaired) electrons. The highest BCUT2D eigenvalue weighted by Gasteiger charge is 2.30. The van der Waals surface area contributed by atoms with E-state index >= 15 is 0 Å². The second kappa shape index (κ2) is 8.05. The number of para-hydroxylation sites is 1. The first kappa shape index (κ1) is 20.1. The normalized spacial score (nSPS) is 13.0. The lowest BCUT2D eigenvalue weighted by atomic mass is 10.1. The molecule has 1 aromatic heterocycles. The van der Waals surface area contributed by atoms with Crippen LogP contribution >= 0.6 is 0 Å². The summed E-state index contributed by atoms with van der Waals surface area (Å²) in [6.07, 6.45) is 0. The second-order valence-corrected chi connectivity index (χ2v) is 9.19. The van der Waals surface area contributed by atoms with Crippen LogP contribution in [-0.2, 0) is 9.84 Å². The summed E-state index contributed by atoms with van der Waals surface area (Å²) in [5, 5.41) is 2.85. The molecule has 3 aromatic carbocycles. The number of benzene rings is 3. The first-order valence-electron chi connectivity index (χ1n) is 10.1. The molecule has 0 saturated carbocycles. The lowest BCUT2D eigenvalue weighted by Gasteiger charge is -2.18. The standard InChI is InChI=1S/C24H20N2O5S/c1-16-6-5-7-17(14-16)22-26-24(23(31-22)25-18-8-3-2-4-9-18)32(27,28)19-10-11-20-21(15-19)30-13-12-29-20/h2-11,14-15,25H,12-13H2,1H3. The molecule has 1 N–H and O–H groups in total. The van der Waals surface area contributed by atoms with Gasteiger partial charge in [-0.2, -0.15) is 4.98 Å². The van der Waals surface area contributed by atoms with E-state index in [2.05, 4.69) is 10.3 Å². The third-order valence-corrected chi connectivity index (χ3v) is 6.63. The Morgan fingerprint density at radius 1 is 0.875 bits per heavy atom. The average molecular weight is 449 g/mol. The zero-order valence-electron chi connectivity index (χ0n) is 17.2. The van der Waals surface area contributed by atoms with Crippen molar-refractivity contribution in [1.29, 1.82) is 0 Å². The Morgan fingerprint density at radius 3 is 2.44 bits per heavy atom. The zero-order valence-corrected chi connectivity index (χ0v) is 18.1. The Balaban J connectivity index is 1.62. The van der Waals surface area contributed by atoms with E-state index < -0.39 is 9.84 Å². The van der Waals surface area contributed by atoms with Gasteiger partial charge >= 0.3 is 0 Å². The third-order valence-electron chi connectivity index (χ3n) is 4.97. The number of sulfone groups is 1. The zero-order chi connectivity index (χ0) is 22.1. The van der Waals surface area contributed by atoms with Gasteiger partial charge in [0.1, 0.15) is 13.2 Å². The summed E-state index contributed by atoms with van der Waals surface area (Å²) in [5.41, 5.74) is 2.37. The van der Waals surface area contributed by atoms with Crippen LogP contribution in [0, 0.1) is 6.92 Å². The molecular formula is C24H20N2O5S. The minimum Gasteiger partial charge on any atom is -0.486 e. The Bertz CT molecular complexity index is 1380. The molecule has 32 heavy (non-hydrogen) atoms. The average Bonchev–Trinajstić information content (AvgIpc) is 3.24. The monoisotopic (exact) mass is 448 g/mol. The van der Waals surface area contributed by atoms with E-state index in [-0.39, 0.29) is 21.7 Å². The van der Waals surface area contributed by atoms with Gasteiger partial charge in [-0.15, -0.1) is 0 Å². The van der Waals surface area contributed by atoms with E-state index in [0.717, 1.165) is 5.56 Å². The fourth-order valence-electron chi connectivity index (χ4n) is 3.42. The molecule has 0 amide bonds. The maximum atomic E-state index is 13.6. The molecule has 1 aliphatic rings. The molecular weight excluding hydrogens is 428 g/mol. The molecule has 0 atom stereocenters. The maximum Gasteiger partial charge on any atom is 0.238 e. The van der Waals surface area contributed by atoms with Gasteiger partial charge in [0.15, 0.2) is 11.5 Å². The van der Waals surface area contributed by atoms with Crippen LogP contribution in [0.1, 0.15) is 5.56 Å². The van der Waals surface area contributed by atoms with Crippen molar-refractivity contribution < 1.29 is 22.3 Å². The van der Waals surface area contributed by atoms with Gasteiger partial charge in [0.05, 0.1) is 4.90 Å². The van der Waals surface area contributed by atoms with Crippen molar-refractivity contribution >= 4 is 21.4 Å². The Hall–Kier alpha value is -3.78. The van der Waals surface area contributed by atoms with Crippen molar-refractivity contribution in [2.75, 3.05) is 18.5 Å². The first-order valence-corrected chi connectivity index (χ1v) is 11.5. The number of ether oxygens (including phenoxy) is 2. The van der Waals surface area contributed by atoms with Crippen molar-refractivity contribution in [3.8, 4) is 23.0 Å². The fraction of sp³-hybridized carbons (Fsp3) is 0.125. The second-order valence-electron chi connectivity index (χ2n) is 7.32. The predicted molar refractivity (Wildman–Crippen MR) is 119 cm³/mol. The van der Waals surface area contributed by atoms with E-state index in [1.54, 1.807) is 6.07 Å². The summed E-state index contributed by atoms with van der Waals surface area (Å²) in [4.78, 5) is 4.43. The van der Waals surface area contributed by atoms with Crippen molar-refractivity contribution in [3.63, 3.8) is 0 Å². The minimum atomic E-state index is -4.02. The number of aromatic nitrogens is 1. The molecule has 0 fully saturated rings. The van der Waals surface area contributed by atoms with Gasteiger partial charge in [0.2, 0.25) is 26.6 Å². The van der Waals surface area contributed by atoms with E-state index in [4.69, 9.17) is 13.9 Å². The summed E-state index contributed by atoms with van der Waals surface area (Å²) in [6.45, 7) is 2.73. The van der Waals surface area contributed by atoms with Gasteiger partial charge in [0, 0.05) is 17.3 Å². The molecule has 1 aliphatic heterocycles. The van der Waals surface area contributed by atoms with Gasteiger partial charge in [-0.3, -0.25) is 0 Å². The van der Waals surface area contributed by atoms with Gasteiger partial charge in [0.25, 0.3) is 0 Å². The maximum absolute atomic E-state index is 13.6. The Labute approximate surface area is 185 Å². The largest absolute Gasteiger partial charge is 0.486 e. The third kappa shape index (κ3) is 3.80. The van der Waals surface area contributed by atoms with Crippen LogP contribution in [0.2, 0.25) is 0 Å². The van der Waals surface area contributed by atoms with Crippen LogP contribution < -0.4 is 14.8 Å². The van der Waals surface area contributed by atoms with Crippen LogP contribution in [0.4, 0.5) is 11.6 Å². The molecule has 0 spiro atoms. The summed E-state index contributed by atoms with van der Waals surface area (Å²) in [5.74, 6) is 1.15. The van der Waals surface area contributed by atoms with E-state index in [1.165, 1.54) is 12.1 Å². The van der Waals surface area contributed by atoms with E-state index in [9.17, 15) is 8.42 Å². The van der Waals surface area contributed by atoms with Crippen molar-refractivity contribution in [2.45, 2.75) is 16.8 Å². The van der Waals surface area contributed by atoms with E-state index in [1.807, 2.05) is 61.5 Å². The molecule has 2 heterocycles. The highest BCUT2D eigenvalue weighted by Crippen LogP contribution is 2.38. The summed E-state index contributed by atoms with van der Waals surface area (Å²) < 4.78 is 44.2. The molecule has 4 aromatic rings. The quantitative estimate of drug-likeness (QED) is 0.459. The van der Waals surface area contributed by atoms with Crippen LogP contribution in [0.5, 0.6) is 11.5 Å². The number of rotatable bonds is 5. The van der Waals surface area contributed by atoms with Gasteiger partial charge in [-0.05, 0) is 43.3 Å². The van der Waals surface area contributed by atoms with Crippen LogP contribution in [0.25, 0.3) is 11.5 Å². The topological polar surface area (TPSA) is 90.7 Å². The molecule has 7 nitrogen and oxygen atoms in total. The Kier molecular flexibility index (Phi) is 5.07. The number of nitrogens with one attached hydrogen (secondary N) is 1. The molecule has 0 bridgehead atoms. The lowest BCUT2D eigenvalue weighted by molar-refractivity contribution is 0.171. The number of aryl methyl sites for hydroxylation is 1. The fourth-order valence-corrected chi connectivity index (χ4v) is 4.70. The highest BCUT2D eigenvalue weighted by molar-refractivity contribution is 7.91. The molecule has 0 aliphatic carbocycles. The molecule has 5 rings (SSSR count). The number of nitrogens with zero attached hydrogens (tertiary/aromatic N) is 1. The van der Waals surface area contributed by atoms with Crippen LogP contribution in [0.3, 0.4) is 0 Å². The van der Waals surface area contributed by atoms with Gasteiger partial charge in [-0.25, -0.2) is 8.42 Å². The lowest BCUT2D eigenvalue weighted by Crippen LogP contribution is -2.16. The van der Waals surface area contributed by atoms with Gasteiger partial charge < -0.3 is 19.2 Å². The van der Waals surface area contributed by atoms with Crippen molar-refractivity contribution in [2.24, 2.45) is 0 Å². The summed E-state index contributed by atoms with van der Waals surface area (Å²) in [6, 6.07) is 21.2. The number of oxazole rings is 1. The summed E-state index contributed by atoms with van der Waals surface area (Å²) in [7, 11) is -4.02. The van der Waals surface area contributed by atoms with E-state index in [0.29, 0.717) is 36.0 Å². The predicted octanol–water partition coefficient (Wildman–Crippen LogP) is 5.00. The number of hydrogen-bond acceptors (Lipinski definition) is 7. The number of fused-ring (bicyclic) bond motifs is 1. The highest BCUT2D eigenvalue weighted by atomic mass is 32.2. The van der Waals surface area contributed by atoms with Crippen LogP contribution in [-0.4, -0.2) is 26.6 Å². The molecule has 0 unspecified atom stereocenters. The molecule has 0 saturated heterocycles. The van der Waals surface area contributed by atoms with Gasteiger partial charge in [-0.1, -0.05) is 35.9 Å². The SMILES string of the molecule is Cc1cccc(-c2nc(S(=O)(=O)c3ccc4c(c3)OCCO4)c(Nc3ccccc3)o2)c1. The molecule has 8 heteroatoms. The number of anilines is 2. The Morgan fingerprint density at radius 2 is 1.66 bits per heavy atom. The number of hydrogen-bond donors (Lipinski definition) is 1. The summed E-state index contributed by atoms with van der Waals surface area (Å²) >= 11 is 0. The minimum absolute atomic E-state index is 0.0435.